The maximum Gasteiger partial charge on any atom is 0.131 e. The van der Waals surface area contributed by atoms with Gasteiger partial charge in [-0.2, -0.15) is 0 Å². The fourth-order valence-corrected chi connectivity index (χ4v) is 2.54. The molecular formula is C16H18F2N2O. The number of rotatable bonds is 4. The lowest BCUT2D eigenvalue weighted by Crippen LogP contribution is -2.30. The third kappa shape index (κ3) is 3.04. The van der Waals surface area contributed by atoms with E-state index < -0.39 is 17.7 Å². The van der Waals surface area contributed by atoms with Gasteiger partial charge in [-0.05, 0) is 37.1 Å². The Morgan fingerprint density at radius 3 is 2.43 bits per heavy atom. The number of aryl methyl sites for hydroxylation is 2. The molecule has 2 aromatic carbocycles. The van der Waals surface area contributed by atoms with E-state index in [1.165, 1.54) is 12.1 Å². The lowest BCUT2D eigenvalue weighted by molar-refractivity contribution is 0.402. The van der Waals surface area contributed by atoms with E-state index in [1.807, 2.05) is 26.0 Å². The molecule has 0 spiro atoms. The second-order valence-electron chi connectivity index (χ2n) is 4.96. The molecule has 21 heavy (non-hydrogen) atoms. The highest BCUT2D eigenvalue weighted by Crippen LogP contribution is 2.34. The van der Waals surface area contributed by atoms with E-state index in [1.54, 1.807) is 7.11 Å². The molecule has 3 nitrogen and oxygen atoms in total. The minimum atomic E-state index is -0.653. The number of benzene rings is 2. The van der Waals surface area contributed by atoms with Crippen molar-refractivity contribution in [1.29, 1.82) is 0 Å². The molecule has 0 aliphatic carbocycles. The highest BCUT2D eigenvalue weighted by molar-refractivity contribution is 5.48. The number of nitrogens with one attached hydrogen (secondary N) is 1. The number of hydrazine groups is 1. The molecule has 2 rings (SSSR count). The molecule has 5 heteroatoms. The first-order valence-corrected chi connectivity index (χ1v) is 6.54. The Morgan fingerprint density at radius 1 is 1.14 bits per heavy atom. The summed E-state index contributed by atoms with van der Waals surface area (Å²) in [5.41, 5.74) is 5.53. The molecule has 0 fully saturated rings. The minimum absolute atomic E-state index is 0.268. The molecule has 0 aliphatic heterocycles. The van der Waals surface area contributed by atoms with Crippen LogP contribution in [0.3, 0.4) is 0 Å². The molecule has 0 heterocycles. The first-order chi connectivity index (χ1) is 9.97. The Hall–Kier alpha value is -1.98. The third-order valence-corrected chi connectivity index (χ3v) is 3.44. The van der Waals surface area contributed by atoms with Crippen LogP contribution in [0, 0.1) is 25.5 Å². The van der Waals surface area contributed by atoms with Crippen molar-refractivity contribution in [3.63, 3.8) is 0 Å². The molecule has 0 aromatic heterocycles. The lowest BCUT2D eigenvalue weighted by Gasteiger charge is -2.22. The molecule has 112 valence electrons. The van der Waals surface area contributed by atoms with Gasteiger partial charge in [-0.3, -0.25) is 5.84 Å². The molecular weight excluding hydrogens is 274 g/mol. The number of nitrogens with two attached hydrogens (primary N) is 1. The fraction of sp³-hybridized carbons (Fsp3) is 0.250. The summed E-state index contributed by atoms with van der Waals surface area (Å²) < 4.78 is 32.5. The summed E-state index contributed by atoms with van der Waals surface area (Å²) in [4.78, 5) is 0. The zero-order valence-corrected chi connectivity index (χ0v) is 12.2. The van der Waals surface area contributed by atoms with Crippen LogP contribution in [0.5, 0.6) is 5.75 Å². The van der Waals surface area contributed by atoms with Crippen LogP contribution in [0.2, 0.25) is 0 Å². The van der Waals surface area contributed by atoms with Crippen LogP contribution < -0.4 is 16.0 Å². The summed E-state index contributed by atoms with van der Waals surface area (Å²) in [5.74, 6) is 4.94. The van der Waals surface area contributed by atoms with Crippen LogP contribution in [-0.4, -0.2) is 7.11 Å². The molecule has 0 aliphatic rings. The largest absolute Gasteiger partial charge is 0.496 e. The van der Waals surface area contributed by atoms with Gasteiger partial charge in [0.25, 0.3) is 0 Å². The van der Waals surface area contributed by atoms with Crippen molar-refractivity contribution in [3.8, 4) is 5.75 Å². The molecule has 2 aromatic rings. The monoisotopic (exact) mass is 292 g/mol. The van der Waals surface area contributed by atoms with Gasteiger partial charge in [0.05, 0.1) is 13.2 Å². The summed E-state index contributed by atoms with van der Waals surface area (Å²) in [5, 5.41) is 0. The Labute approximate surface area is 122 Å². The van der Waals surface area contributed by atoms with E-state index in [2.05, 4.69) is 5.43 Å². The summed E-state index contributed by atoms with van der Waals surface area (Å²) in [7, 11) is 1.55. The topological polar surface area (TPSA) is 47.3 Å². The van der Waals surface area contributed by atoms with Gasteiger partial charge < -0.3 is 4.74 Å². The van der Waals surface area contributed by atoms with E-state index in [4.69, 9.17) is 10.6 Å². The molecule has 0 radical (unpaired) electrons. The number of methoxy groups -OCH3 is 1. The maximum absolute atomic E-state index is 14.0. The van der Waals surface area contributed by atoms with Gasteiger partial charge in [0, 0.05) is 17.2 Å². The molecule has 1 atom stereocenters. The van der Waals surface area contributed by atoms with Crippen LogP contribution in [0.15, 0.2) is 30.3 Å². The Kier molecular flexibility index (Phi) is 4.55. The van der Waals surface area contributed by atoms with Gasteiger partial charge in [0.2, 0.25) is 0 Å². The van der Waals surface area contributed by atoms with E-state index in [0.717, 1.165) is 22.8 Å². The molecule has 0 saturated carbocycles. The number of hydrogen-bond acceptors (Lipinski definition) is 3. The van der Waals surface area contributed by atoms with Crippen molar-refractivity contribution in [2.24, 2.45) is 5.84 Å². The number of hydrogen-bond donors (Lipinski definition) is 2. The van der Waals surface area contributed by atoms with E-state index in [9.17, 15) is 8.78 Å². The van der Waals surface area contributed by atoms with E-state index >= 15 is 0 Å². The first kappa shape index (κ1) is 15.4. The van der Waals surface area contributed by atoms with Gasteiger partial charge in [-0.1, -0.05) is 12.1 Å². The standard InChI is InChI=1S/C16H18F2N2O/c1-9-6-10(2)15(14(7-9)21-3)16(20-19)12-5-4-11(17)8-13(12)18/h4-8,16,20H,19H2,1-3H3. The fourth-order valence-electron chi connectivity index (χ4n) is 2.54. The summed E-state index contributed by atoms with van der Waals surface area (Å²) in [6.45, 7) is 3.85. The predicted octanol–water partition coefficient (Wildman–Crippen LogP) is 3.14. The van der Waals surface area contributed by atoms with Gasteiger partial charge in [-0.25, -0.2) is 14.2 Å². The third-order valence-electron chi connectivity index (χ3n) is 3.44. The molecule has 0 bridgehead atoms. The summed E-state index contributed by atoms with van der Waals surface area (Å²) in [6.07, 6.45) is 0. The van der Waals surface area contributed by atoms with Crippen molar-refractivity contribution in [1.82, 2.24) is 5.43 Å². The summed E-state index contributed by atoms with van der Waals surface area (Å²) >= 11 is 0. The minimum Gasteiger partial charge on any atom is -0.496 e. The highest BCUT2D eigenvalue weighted by Gasteiger charge is 2.22. The van der Waals surface area contributed by atoms with Crippen LogP contribution in [-0.2, 0) is 0 Å². The Balaban J connectivity index is 2.61. The number of ether oxygens (including phenoxy) is 1. The van der Waals surface area contributed by atoms with Crippen LogP contribution >= 0.6 is 0 Å². The predicted molar refractivity (Wildman–Crippen MR) is 78.0 cm³/mol. The zero-order valence-electron chi connectivity index (χ0n) is 12.2. The Bertz CT molecular complexity index is 659. The Morgan fingerprint density at radius 2 is 1.86 bits per heavy atom. The van der Waals surface area contributed by atoms with Crippen molar-refractivity contribution < 1.29 is 13.5 Å². The van der Waals surface area contributed by atoms with Gasteiger partial charge in [0.15, 0.2) is 0 Å². The van der Waals surface area contributed by atoms with Crippen molar-refractivity contribution in [2.45, 2.75) is 19.9 Å². The highest BCUT2D eigenvalue weighted by atomic mass is 19.1. The molecule has 0 saturated heterocycles. The van der Waals surface area contributed by atoms with Crippen molar-refractivity contribution in [3.05, 3.63) is 64.2 Å². The normalized spacial score (nSPS) is 12.3. The molecule has 0 amide bonds. The smallest absolute Gasteiger partial charge is 0.131 e. The zero-order chi connectivity index (χ0) is 15.6. The summed E-state index contributed by atoms with van der Waals surface area (Å²) in [6, 6.07) is 6.63. The van der Waals surface area contributed by atoms with Gasteiger partial charge >= 0.3 is 0 Å². The molecule has 1 unspecified atom stereocenters. The second-order valence-corrected chi connectivity index (χ2v) is 4.96. The SMILES string of the molecule is COc1cc(C)cc(C)c1C(NN)c1ccc(F)cc1F. The van der Waals surface area contributed by atoms with E-state index in [-0.39, 0.29) is 5.56 Å². The lowest BCUT2D eigenvalue weighted by atomic mass is 9.93. The van der Waals surface area contributed by atoms with Crippen LogP contribution in [0.1, 0.15) is 28.3 Å². The van der Waals surface area contributed by atoms with Gasteiger partial charge in [-0.15, -0.1) is 0 Å². The molecule has 3 N–H and O–H groups in total. The van der Waals surface area contributed by atoms with Crippen LogP contribution in [0.25, 0.3) is 0 Å². The average molecular weight is 292 g/mol. The first-order valence-electron chi connectivity index (χ1n) is 6.54. The van der Waals surface area contributed by atoms with Crippen molar-refractivity contribution in [2.75, 3.05) is 7.11 Å². The van der Waals surface area contributed by atoms with E-state index in [0.29, 0.717) is 5.75 Å². The van der Waals surface area contributed by atoms with Crippen LogP contribution in [0.4, 0.5) is 8.78 Å². The van der Waals surface area contributed by atoms with Gasteiger partial charge in [0.1, 0.15) is 17.4 Å². The van der Waals surface area contributed by atoms with Crippen molar-refractivity contribution >= 4 is 0 Å². The second kappa shape index (κ2) is 6.20. The quantitative estimate of drug-likeness (QED) is 0.672. The average Bonchev–Trinajstić information content (AvgIpc) is 2.42. The maximum atomic E-state index is 14.0. The number of halogens is 2.